The molecule has 0 spiro atoms. The van der Waals surface area contributed by atoms with Gasteiger partial charge >= 0.3 is 0 Å². The number of aryl methyl sites for hydroxylation is 1. The van der Waals surface area contributed by atoms with Crippen LogP contribution in [0.25, 0.3) is 42.7 Å². The Kier molecular flexibility index (Phi) is 4.15. The molecule has 0 aliphatic rings. The highest BCUT2D eigenvalue weighted by molar-refractivity contribution is 7.22. The maximum Gasteiger partial charge on any atom is 0.0649 e. The lowest BCUT2D eigenvalue weighted by Crippen LogP contribution is -2.10. The number of rotatable bonds is 2. The molecule has 0 aliphatic carbocycles. The second-order valence-electron chi connectivity index (χ2n) is 8.80. The van der Waals surface area contributed by atoms with E-state index in [1.807, 2.05) is 11.3 Å². The maximum absolute atomic E-state index is 3.77. The third-order valence-electron chi connectivity index (χ3n) is 5.80. The lowest BCUT2D eigenvalue weighted by molar-refractivity contribution is 0.591. The van der Waals surface area contributed by atoms with Crippen LogP contribution in [-0.4, -0.2) is 4.98 Å². The van der Waals surface area contributed by atoms with Crippen molar-refractivity contribution >= 4 is 32.3 Å². The van der Waals surface area contributed by atoms with E-state index < -0.39 is 0 Å². The summed E-state index contributed by atoms with van der Waals surface area (Å²) in [5.74, 6) is 0. The second-order valence-corrected chi connectivity index (χ2v) is 9.86. The number of fused-ring (bicyclic) bond motifs is 2. The summed E-state index contributed by atoms with van der Waals surface area (Å²) in [6, 6.07) is 26.4. The zero-order valence-corrected chi connectivity index (χ0v) is 18.2. The Bertz CT molecular complexity index is 1330. The van der Waals surface area contributed by atoms with Gasteiger partial charge in [-0.1, -0.05) is 75.4 Å². The first-order valence-corrected chi connectivity index (χ1v) is 11.0. The van der Waals surface area contributed by atoms with E-state index in [1.54, 1.807) is 0 Å². The minimum absolute atomic E-state index is 0.118. The number of thiophene rings is 1. The summed E-state index contributed by atoms with van der Waals surface area (Å²) in [5.41, 5.74) is 7.83. The van der Waals surface area contributed by atoms with E-state index in [1.165, 1.54) is 53.8 Å². The van der Waals surface area contributed by atoms with Gasteiger partial charge in [0.1, 0.15) is 0 Å². The average molecular weight is 396 g/mol. The van der Waals surface area contributed by atoms with Crippen molar-refractivity contribution in [2.45, 2.75) is 33.1 Å². The Balaban J connectivity index is 1.86. The highest BCUT2D eigenvalue weighted by Gasteiger charge is 2.21. The molecule has 0 fully saturated rings. The molecule has 2 heteroatoms. The number of hydrogen-bond acceptors (Lipinski definition) is 1. The Labute approximate surface area is 176 Å². The number of hydrogen-bond donors (Lipinski definition) is 1. The van der Waals surface area contributed by atoms with E-state index >= 15 is 0 Å². The molecule has 5 aromatic rings. The van der Waals surface area contributed by atoms with E-state index in [4.69, 9.17) is 0 Å². The fourth-order valence-electron chi connectivity index (χ4n) is 4.15. The summed E-state index contributed by atoms with van der Waals surface area (Å²) in [6.45, 7) is 9.08. The molecule has 3 aromatic carbocycles. The van der Waals surface area contributed by atoms with Gasteiger partial charge in [0.15, 0.2) is 0 Å². The molecule has 0 unspecified atom stereocenters. The zero-order valence-electron chi connectivity index (χ0n) is 17.3. The molecular weight excluding hydrogens is 370 g/mol. The number of H-pyrrole nitrogens is 1. The van der Waals surface area contributed by atoms with Crippen LogP contribution in [0.3, 0.4) is 0 Å². The standard InChI is InChI=1S/C27H25NS/c1-17-20-12-8-9-13-23(20)29-26(17)25-24(18-10-6-5-7-11-18)21-16-19(27(2,3)4)14-15-22(21)28-25/h5-16,28H,1-4H3. The van der Waals surface area contributed by atoms with Crippen LogP contribution < -0.4 is 0 Å². The van der Waals surface area contributed by atoms with Crippen LogP contribution in [0.5, 0.6) is 0 Å². The Hall–Kier alpha value is -2.84. The smallest absolute Gasteiger partial charge is 0.0649 e. The van der Waals surface area contributed by atoms with Crippen molar-refractivity contribution in [2.24, 2.45) is 0 Å². The average Bonchev–Trinajstić information content (AvgIpc) is 3.25. The number of nitrogens with one attached hydrogen (secondary N) is 1. The van der Waals surface area contributed by atoms with Gasteiger partial charge in [0.05, 0.1) is 10.6 Å². The summed E-state index contributed by atoms with van der Waals surface area (Å²) in [7, 11) is 0. The molecule has 0 radical (unpaired) electrons. The first-order chi connectivity index (χ1) is 13.9. The molecule has 5 rings (SSSR count). The molecule has 1 nitrogen and oxygen atoms in total. The normalized spacial score (nSPS) is 12.1. The molecule has 0 saturated carbocycles. The molecule has 144 valence electrons. The SMILES string of the molecule is Cc1c(-c2[nH]c3ccc(C(C)(C)C)cc3c2-c2ccccc2)sc2ccccc12. The van der Waals surface area contributed by atoms with Gasteiger partial charge in [-0.05, 0) is 52.6 Å². The van der Waals surface area contributed by atoms with Crippen LogP contribution in [0.2, 0.25) is 0 Å². The van der Waals surface area contributed by atoms with Crippen LogP contribution >= 0.6 is 11.3 Å². The summed E-state index contributed by atoms with van der Waals surface area (Å²) in [5, 5.41) is 2.65. The fraction of sp³-hybridized carbons (Fsp3) is 0.185. The van der Waals surface area contributed by atoms with Crippen LogP contribution in [0, 0.1) is 6.92 Å². The van der Waals surface area contributed by atoms with Gasteiger partial charge in [-0.15, -0.1) is 11.3 Å². The summed E-state index contributed by atoms with van der Waals surface area (Å²) in [4.78, 5) is 5.10. The summed E-state index contributed by atoms with van der Waals surface area (Å²) >= 11 is 1.88. The van der Waals surface area contributed by atoms with E-state index in [0.717, 1.165) is 0 Å². The number of aromatic nitrogens is 1. The van der Waals surface area contributed by atoms with Crippen LogP contribution in [0.1, 0.15) is 31.9 Å². The molecule has 1 N–H and O–H groups in total. The Morgan fingerprint density at radius 2 is 1.52 bits per heavy atom. The lowest BCUT2D eigenvalue weighted by atomic mass is 9.86. The summed E-state index contributed by atoms with van der Waals surface area (Å²) in [6.07, 6.45) is 0. The van der Waals surface area contributed by atoms with E-state index in [-0.39, 0.29) is 5.41 Å². The van der Waals surface area contributed by atoms with Gasteiger partial charge in [0.25, 0.3) is 0 Å². The molecule has 2 aromatic heterocycles. The molecule has 0 bridgehead atoms. The van der Waals surface area contributed by atoms with Crippen LogP contribution in [0.15, 0.2) is 72.8 Å². The highest BCUT2D eigenvalue weighted by atomic mass is 32.1. The predicted molar refractivity (Wildman–Crippen MR) is 128 cm³/mol. The van der Waals surface area contributed by atoms with Crippen molar-refractivity contribution in [1.29, 1.82) is 0 Å². The van der Waals surface area contributed by atoms with Crippen molar-refractivity contribution in [3.05, 3.63) is 83.9 Å². The van der Waals surface area contributed by atoms with Gasteiger partial charge in [-0.25, -0.2) is 0 Å². The van der Waals surface area contributed by atoms with Crippen molar-refractivity contribution < 1.29 is 0 Å². The first-order valence-electron chi connectivity index (χ1n) is 10.1. The molecule has 0 saturated heterocycles. The van der Waals surface area contributed by atoms with Crippen molar-refractivity contribution in [1.82, 2.24) is 4.98 Å². The van der Waals surface area contributed by atoms with Crippen LogP contribution in [-0.2, 0) is 5.41 Å². The van der Waals surface area contributed by atoms with Crippen molar-refractivity contribution in [2.75, 3.05) is 0 Å². The first kappa shape index (κ1) is 18.2. The zero-order chi connectivity index (χ0) is 20.2. The minimum Gasteiger partial charge on any atom is -0.353 e. The van der Waals surface area contributed by atoms with Gasteiger partial charge in [-0.2, -0.15) is 0 Å². The quantitative estimate of drug-likeness (QED) is 0.309. The van der Waals surface area contributed by atoms with E-state index in [2.05, 4.69) is 105 Å². The molecule has 2 heterocycles. The van der Waals surface area contributed by atoms with Gasteiger partial charge in [0.2, 0.25) is 0 Å². The highest BCUT2D eigenvalue weighted by Crippen LogP contribution is 2.45. The van der Waals surface area contributed by atoms with E-state index in [0.29, 0.717) is 0 Å². The molecule has 0 amide bonds. The molecule has 0 atom stereocenters. The third-order valence-corrected chi connectivity index (χ3v) is 7.09. The van der Waals surface area contributed by atoms with E-state index in [9.17, 15) is 0 Å². The Morgan fingerprint density at radius 1 is 0.793 bits per heavy atom. The van der Waals surface area contributed by atoms with Gasteiger partial charge < -0.3 is 4.98 Å². The second kappa shape index (κ2) is 6.60. The van der Waals surface area contributed by atoms with Gasteiger partial charge in [0, 0.05) is 21.2 Å². The van der Waals surface area contributed by atoms with Crippen LogP contribution in [0.4, 0.5) is 0 Å². The Morgan fingerprint density at radius 3 is 2.24 bits per heavy atom. The van der Waals surface area contributed by atoms with Crippen molar-refractivity contribution in [3.63, 3.8) is 0 Å². The number of aromatic amines is 1. The maximum atomic E-state index is 3.77. The summed E-state index contributed by atoms with van der Waals surface area (Å²) < 4.78 is 1.34. The van der Waals surface area contributed by atoms with Gasteiger partial charge in [-0.3, -0.25) is 0 Å². The molecular formula is C27H25NS. The minimum atomic E-state index is 0.118. The lowest BCUT2D eigenvalue weighted by Gasteiger charge is -2.19. The molecule has 0 aliphatic heterocycles. The number of benzene rings is 3. The molecule has 29 heavy (non-hydrogen) atoms. The predicted octanol–water partition coefficient (Wildman–Crippen LogP) is 8.32. The third kappa shape index (κ3) is 2.99. The topological polar surface area (TPSA) is 15.8 Å². The van der Waals surface area contributed by atoms with Crippen molar-refractivity contribution in [3.8, 4) is 21.7 Å². The fourth-order valence-corrected chi connectivity index (χ4v) is 5.36. The largest absolute Gasteiger partial charge is 0.353 e. The monoisotopic (exact) mass is 395 g/mol.